The lowest BCUT2D eigenvalue weighted by atomic mass is 10.2. The van der Waals surface area contributed by atoms with Gasteiger partial charge in [-0.15, -0.1) is 11.6 Å². The maximum atomic E-state index is 12.4. The highest BCUT2D eigenvalue weighted by Gasteiger charge is 2.24. The van der Waals surface area contributed by atoms with Crippen molar-refractivity contribution in [1.82, 2.24) is 4.31 Å². The van der Waals surface area contributed by atoms with E-state index in [1.54, 1.807) is 4.31 Å². The van der Waals surface area contributed by atoms with E-state index in [2.05, 4.69) is 0 Å². The Morgan fingerprint density at radius 1 is 1.26 bits per heavy atom. The minimum absolute atomic E-state index is 0.0128. The molecule has 1 rings (SSSR count). The number of halogens is 1. The number of sulfonamides is 1. The fourth-order valence-electron chi connectivity index (χ4n) is 2.03. The van der Waals surface area contributed by atoms with Crippen LogP contribution in [0.2, 0.25) is 0 Å². The van der Waals surface area contributed by atoms with Crippen LogP contribution in [0.25, 0.3) is 0 Å². The first-order valence-corrected chi connectivity index (χ1v) is 8.68. The van der Waals surface area contributed by atoms with E-state index >= 15 is 0 Å². The Morgan fingerprint density at radius 2 is 1.89 bits per heavy atom. The lowest BCUT2D eigenvalue weighted by Gasteiger charge is -2.25. The van der Waals surface area contributed by atoms with Crippen molar-refractivity contribution in [2.45, 2.75) is 44.9 Å². The van der Waals surface area contributed by atoms with Crippen molar-refractivity contribution < 1.29 is 8.42 Å². The van der Waals surface area contributed by atoms with Crippen LogP contribution in [0.15, 0.2) is 24.3 Å². The van der Waals surface area contributed by atoms with Crippen LogP contribution in [0.5, 0.6) is 0 Å². The van der Waals surface area contributed by atoms with Gasteiger partial charge in [0.05, 0.1) is 5.75 Å². The molecule has 0 aliphatic rings. The topological polar surface area (TPSA) is 37.4 Å². The van der Waals surface area contributed by atoms with Gasteiger partial charge in [-0.25, -0.2) is 8.42 Å². The summed E-state index contributed by atoms with van der Waals surface area (Å²) >= 11 is 5.77. The monoisotopic (exact) mass is 303 g/mol. The molecule has 0 radical (unpaired) electrons. The van der Waals surface area contributed by atoms with E-state index in [1.165, 1.54) is 0 Å². The maximum Gasteiger partial charge on any atom is 0.218 e. The van der Waals surface area contributed by atoms with Crippen LogP contribution in [0.4, 0.5) is 0 Å². The van der Waals surface area contributed by atoms with Gasteiger partial charge in [-0.05, 0) is 31.4 Å². The molecule has 0 heterocycles. The normalized spacial score (nSPS) is 12.3. The largest absolute Gasteiger partial charge is 0.218 e. The third-order valence-corrected chi connectivity index (χ3v) is 5.20. The van der Waals surface area contributed by atoms with Crippen molar-refractivity contribution >= 4 is 21.6 Å². The summed E-state index contributed by atoms with van der Waals surface area (Å²) in [5.74, 6) is 0.437. The van der Waals surface area contributed by atoms with Crippen LogP contribution in [0.1, 0.15) is 38.3 Å². The molecule has 0 spiro atoms. The van der Waals surface area contributed by atoms with Crippen molar-refractivity contribution in [2.75, 3.05) is 6.54 Å². The first-order chi connectivity index (χ1) is 8.90. The number of benzene rings is 1. The molecular weight excluding hydrogens is 282 g/mol. The average molecular weight is 304 g/mol. The summed E-state index contributed by atoms with van der Waals surface area (Å²) in [6.07, 6.45) is 0.819. The van der Waals surface area contributed by atoms with Crippen LogP contribution in [-0.4, -0.2) is 25.3 Å². The lowest BCUT2D eigenvalue weighted by molar-refractivity contribution is 0.353. The highest BCUT2D eigenvalue weighted by molar-refractivity contribution is 7.88. The van der Waals surface area contributed by atoms with Crippen molar-refractivity contribution in [3.8, 4) is 0 Å². The van der Waals surface area contributed by atoms with Crippen molar-refractivity contribution in [3.05, 3.63) is 35.4 Å². The Balaban J connectivity index is 2.93. The van der Waals surface area contributed by atoms with E-state index in [1.807, 2.05) is 45.0 Å². The van der Waals surface area contributed by atoms with E-state index < -0.39 is 10.0 Å². The smallest absolute Gasteiger partial charge is 0.212 e. The molecular formula is C14H22ClNO2S. The Bertz CT molecular complexity index is 500. The van der Waals surface area contributed by atoms with Gasteiger partial charge < -0.3 is 0 Å². The van der Waals surface area contributed by atoms with Gasteiger partial charge in [0.15, 0.2) is 0 Å². The fraction of sp³-hybridized carbons (Fsp3) is 0.571. The highest BCUT2D eigenvalue weighted by Crippen LogP contribution is 2.16. The summed E-state index contributed by atoms with van der Waals surface area (Å²) in [6.45, 7) is 6.36. The first kappa shape index (κ1) is 16.5. The van der Waals surface area contributed by atoms with Crippen molar-refractivity contribution in [1.29, 1.82) is 0 Å². The summed E-state index contributed by atoms with van der Waals surface area (Å²) in [5, 5.41) is 0. The van der Waals surface area contributed by atoms with Crippen molar-refractivity contribution in [3.63, 3.8) is 0 Å². The van der Waals surface area contributed by atoms with Crippen LogP contribution in [0.3, 0.4) is 0 Å². The molecule has 108 valence electrons. The minimum Gasteiger partial charge on any atom is -0.212 e. The zero-order valence-corrected chi connectivity index (χ0v) is 13.3. The van der Waals surface area contributed by atoms with Crippen molar-refractivity contribution in [2.24, 2.45) is 0 Å². The van der Waals surface area contributed by atoms with Crippen LogP contribution >= 0.6 is 11.6 Å². The number of hydrogen-bond acceptors (Lipinski definition) is 2. The summed E-state index contributed by atoms with van der Waals surface area (Å²) in [7, 11) is -3.27. The van der Waals surface area contributed by atoms with Gasteiger partial charge in [0.2, 0.25) is 10.0 Å². The van der Waals surface area contributed by atoms with E-state index in [9.17, 15) is 8.42 Å². The van der Waals surface area contributed by atoms with Gasteiger partial charge in [-0.1, -0.05) is 31.2 Å². The zero-order valence-electron chi connectivity index (χ0n) is 11.8. The second-order valence-corrected chi connectivity index (χ2v) is 7.10. The van der Waals surface area contributed by atoms with Crippen LogP contribution in [0, 0.1) is 0 Å². The molecule has 1 aromatic carbocycles. The molecule has 3 nitrogen and oxygen atoms in total. The molecule has 0 saturated carbocycles. The molecule has 0 aromatic heterocycles. The third kappa shape index (κ3) is 4.79. The predicted molar refractivity (Wildman–Crippen MR) is 80.8 cm³/mol. The molecule has 0 unspecified atom stereocenters. The average Bonchev–Trinajstić information content (AvgIpc) is 2.35. The molecule has 5 heteroatoms. The van der Waals surface area contributed by atoms with E-state index in [0.717, 1.165) is 17.5 Å². The highest BCUT2D eigenvalue weighted by atomic mass is 35.5. The Morgan fingerprint density at radius 3 is 2.42 bits per heavy atom. The Labute approximate surface area is 121 Å². The van der Waals surface area contributed by atoms with Crippen LogP contribution in [-0.2, 0) is 21.7 Å². The lowest BCUT2D eigenvalue weighted by Crippen LogP contribution is -2.38. The second-order valence-electron chi connectivity index (χ2n) is 4.91. The molecule has 0 fully saturated rings. The van der Waals surface area contributed by atoms with Gasteiger partial charge in [0.1, 0.15) is 0 Å². The summed E-state index contributed by atoms with van der Waals surface area (Å²) in [5.41, 5.74) is 1.74. The summed E-state index contributed by atoms with van der Waals surface area (Å²) in [6, 6.07) is 7.42. The summed E-state index contributed by atoms with van der Waals surface area (Å²) in [4.78, 5) is 0. The Hall–Kier alpha value is -0.580. The molecule has 0 aliphatic carbocycles. The second kappa shape index (κ2) is 7.27. The first-order valence-electron chi connectivity index (χ1n) is 6.54. The number of alkyl halides is 1. The van der Waals surface area contributed by atoms with Gasteiger partial charge in [-0.2, -0.15) is 4.31 Å². The maximum absolute atomic E-state index is 12.4. The predicted octanol–water partition coefficient (Wildman–Crippen LogP) is 3.38. The molecule has 19 heavy (non-hydrogen) atoms. The minimum atomic E-state index is -3.27. The third-order valence-electron chi connectivity index (χ3n) is 2.87. The molecule has 0 amide bonds. The number of rotatable bonds is 7. The van der Waals surface area contributed by atoms with E-state index in [-0.39, 0.29) is 11.8 Å². The molecule has 0 N–H and O–H groups in total. The fourth-order valence-corrected chi connectivity index (χ4v) is 4.07. The summed E-state index contributed by atoms with van der Waals surface area (Å²) < 4.78 is 26.4. The number of hydrogen-bond donors (Lipinski definition) is 0. The molecule has 0 aliphatic heterocycles. The standard InChI is InChI=1S/C14H22ClNO2S/c1-4-8-16(12(2)3)19(17,18)11-14-7-5-6-13(9-14)10-15/h5-7,9,12H,4,8,10-11H2,1-3H3. The van der Waals surface area contributed by atoms with E-state index in [4.69, 9.17) is 11.6 Å². The zero-order chi connectivity index (χ0) is 14.5. The Kier molecular flexibility index (Phi) is 6.30. The number of nitrogens with zero attached hydrogens (tertiary/aromatic N) is 1. The quantitative estimate of drug-likeness (QED) is 0.724. The molecule has 0 atom stereocenters. The van der Waals surface area contributed by atoms with E-state index in [0.29, 0.717) is 12.4 Å². The molecule has 0 bridgehead atoms. The molecule has 1 aromatic rings. The van der Waals surface area contributed by atoms with Gasteiger partial charge in [0.25, 0.3) is 0 Å². The van der Waals surface area contributed by atoms with Gasteiger partial charge in [-0.3, -0.25) is 0 Å². The van der Waals surface area contributed by atoms with Gasteiger partial charge in [0, 0.05) is 18.5 Å². The van der Waals surface area contributed by atoms with Crippen LogP contribution < -0.4 is 0 Å². The van der Waals surface area contributed by atoms with Gasteiger partial charge >= 0.3 is 0 Å². The SMILES string of the molecule is CCCN(C(C)C)S(=O)(=O)Cc1cccc(CCl)c1. The molecule has 0 saturated heterocycles.